The molecule has 12 rings (SSSR count). The molecule has 0 spiro atoms. The number of hydrogen-bond acceptors (Lipinski definition) is 8. The lowest BCUT2D eigenvalue weighted by Gasteiger charge is -2.33. The summed E-state index contributed by atoms with van der Waals surface area (Å²) in [5.41, 5.74) is 12.3. The van der Waals surface area contributed by atoms with Crippen LogP contribution in [0.4, 0.5) is 46.0 Å². The van der Waals surface area contributed by atoms with Crippen molar-refractivity contribution in [2.75, 3.05) is 19.6 Å². The van der Waals surface area contributed by atoms with E-state index in [0.717, 1.165) is 101 Å². The minimum absolute atomic E-state index is 0.778. The van der Waals surface area contributed by atoms with Gasteiger partial charge in [0.15, 0.2) is 11.6 Å². The molecule has 4 aromatic heterocycles. The lowest BCUT2D eigenvalue weighted by Crippen LogP contribution is -2.34. The van der Waals surface area contributed by atoms with E-state index in [9.17, 15) is 0 Å². The molecular weight excluding hydrogens is 761 g/mol. The molecule has 0 atom stereocenters. The first-order valence-electron chi connectivity index (χ1n) is 21.0. The van der Waals surface area contributed by atoms with Gasteiger partial charge < -0.3 is 0 Å². The lowest BCUT2D eigenvalue weighted by atomic mass is 10.1. The molecule has 0 aliphatic carbocycles. The van der Waals surface area contributed by atoms with Crippen LogP contribution in [0, 0.1) is 27.7 Å². The van der Waals surface area contributed by atoms with E-state index in [1.807, 2.05) is 24.3 Å². The first kappa shape index (κ1) is 35.8. The van der Waals surface area contributed by atoms with Crippen LogP contribution in [0.25, 0.3) is 43.6 Å². The summed E-state index contributed by atoms with van der Waals surface area (Å²) in [6, 6.07) is 59.6. The monoisotopic (exact) mass is 800 g/mol. The number of anilines is 8. The van der Waals surface area contributed by atoms with Crippen LogP contribution in [0.15, 0.2) is 182 Å². The molecule has 6 aromatic carbocycles. The van der Waals surface area contributed by atoms with Gasteiger partial charge in [-0.25, -0.2) is 19.9 Å². The second kappa shape index (κ2) is 13.7. The van der Waals surface area contributed by atoms with Crippen molar-refractivity contribution in [3.63, 3.8) is 0 Å². The summed E-state index contributed by atoms with van der Waals surface area (Å²) in [5.74, 6) is 4.79. The summed E-state index contributed by atoms with van der Waals surface area (Å²) >= 11 is 0. The van der Waals surface area contributed by atoms with Gasteiger partial charge >= 0.3 is 0 Å². The maximum atomic E-state index is 5.44. The van der Waals surface area contributed by atoms with Crippen LogP contribution >= 0.6 is 0 Å². The highest BCUT2D eigenvalue weighted by Crippen LogP contribution is 2.57. The predicted molar refractivity (Wildman–Crippen MR) is 254 cm³/mol. The van der Waals surface area contributed by atoms with Crippen molar-refractivity contribution in [2.45, 2.75) is 27.7 Å². The van der Waals surface area contributed by atoms with Gasteiger partial charge in [0, 0.05) is 21.5 Å². The van der Waals surface area contributed by atoms with Crippen LogP contribution in [0.2, 0.25) is 0 Å². The highest BCUT2D eigenvalue weighted by Gasteiger charge is 2.46. The SMILES string of the molecule is Cc1cc2c(cc1C)N(c1ccc3ccccc3n1)C(=C1N(c3ccc4ccccc4n3)c3cc(C)c(C)cc3N1c1ccc3ccccc3n1)N2c1ccc2ccccc2n1. The van der Waals surface area contributed by atoms with Gasteiger partial charge in [0.2, 0.25) is 0 Å². The second-order valence-corrected chi connectivity index (χ2v) is 16.3. The van der Waals surface area contributed by atoms with Crippen LogP contribution in [-0.2, 0) is 0 Å². The van der Waals surface area contributed by atoms with Crippen molar-refractivity contribution < 1.29 is 0 Å². The van der Waals surface area contributed by atoms with Crippen molar-refractivity contribution in [3.05, 3.63) is 204 Å². The molecule has 0 bridgehead atoms. The van der Waals surface area contributed by atoms with Gasteiger partial charge in [-0.2, -0.15) is 0 Å². The maximum absolute atomic E-state index is 5.44. The number of fused-ring (bicyclic) bond motifs is 6. The quantitative estimate of drug-likeness (QED) is 0.174. The van der Waals surface area contributed by atoms with E-state index in [4.69, 9.17) is 19.9 Å². The normalized spacial score (nSPS) is 13.6. The third-order valence-electron chi connectivity index (χ3n) is 12.4. The molecule has 0 unspecified atom stereocenters. The number of benzene rings is 6. The van der Waals surface area contributed by atoms with Crippen LogP contribution in [0.3, 0.4) is 0 Å². The van der Waals surface area contributed by atoms with Gasteiger partial charge in [-0.1, -0.05) is 72.8 Å². The van der Waals surface area contributed by atoms with Crippen LogP contribution in [-0.4, -0.2) is 19.9 Å². The Hall–Kier alpha value is -8.10. The molecule has 296 valence electrons. The second-order valence-electron chi connectivity index (χ2n) is 16.3. The van der Waals surface area contributed by atoms with Crippen molar-refractivity contribution in [3.8, 4) is 0 Å². The van der Waals surface area contributed by atoms with E-state index in [1.165, 1.54) is 22.3 Å². The molecule has 62 heavy (non-hydrogen) atoms. The summed E-state index contributed by atoms with van der Waals surface area (Å²) in [6.07, 6.45) is 0. The largest absolute Gasteiger partial charge is 0.275 e. The Morgan fingerprint density at radius 1 is 0.274 bits per heavy atom. The molecular formula is C54H40N8. The Morgan fingerprint density at radius 3 is 0.742 bits per heavy atom. The number of aryl methyl sites for hydroxylation is 4. The molecule has 0 amide bonds. The van der Waals surface area contributed by atoms with Crippen LogP contribution in [0.1, 0.15) is 22.3 Å². The number of aromatic nitrogens is 4. The molecule has 2 aliphatic rings. The van der Waals surface area contributed by atoms with Crippen molar-refractivity contribution in [1.29, 1.82) is 0 Å². The van der Waals surface area contributed by atoms with Gasteiger partial charge in [-0.15, -0.1) is 0 Å². The lowest BCUT2D eigenvalue weighted by molar-refractivity contribution is 0.973. The average molecular weight is 801 g/mol. The fourth-order valence-corrected chi connectivity index (χ4v) is 8.99. The highest BCUT2D eigenvalue weighted by molar-refractivity contribution is 6.01. The molecule has 8 heteroatoms. The number of rotatable bonds is 4. The molecule has 0 saturated carbocycles. The highest BCUT2D eigenvalue weighted by atomic mass is 15.5. The maximum Gasteiger partial charge on any atom is 0.168 e. The van der Waals surface area contributed by atoms with Crippen LogP contribution in [0.5, 0.6) is 0 Å². The number of pyridine rings is 4. The molecule has 6 heterocycles. The Balaban J connectivity index is 1.26. The number of hydrogen-bond donors (Lipinski definition) is 0. The van der Waals surface area contributed by atoms with Crippen molar-refractivity contribution in [2.24, 2.45) is 0 Å². The Bertz CT molecular complexity index is 3060. The van der Waals surface area contributed by atoms with Gasteiger partial charge in [0.25, 0.3) is 0 Å². The zero-order chi connectivity index (χ0) is 41.6. The molecule has 0 saturated heterocycles. The topological polar surface area (TPSA) is 64.5 Å². The molecule has 2 aliphatic heterocycles. The third-order valence-corrected chi connectivity index (χ3v) is 12.4. The van der Waals surface area contributed by atoms with Crippen LogP contribution < -0.4 is 19.6 Å². The fraction of sp³-hybridized carbons (Fsp3) is 0.0741. The fourth-order valence-electron chi connectivity index (χ4n) is 8.99. The Morgan fingerprint density at radius 2 is 0.500 bits per heavy atom. The zero-order valence-corrected chi connectivity index (χ0v) is 34.7. The smallest absolute Gasteiger partial charge is 0.168 e. The van der Waals surface area contributed by atoms with E-state index >= 15 is 0 Å². The van der Waals surface area contributed by atoms with Gasteiger partial charge in [-0.05, 0) is 147 Å². The average Bonchev–Trinajstić information content (AvgIpc) is 3.80. The van der Waals surface area contributed by atoms with Gasteiger partial charge in [0.1, 0.15) is 23.3 Å². The van der Waals surface area contributed by atoms with E-state index in [2.05, 4.69) is 193 Å². The standard InChI is InChI=1S/C54H40N8/c1-33-29-45-46(30-34(33)2)60(50-26-22-38-14-6-10-18-42(38)56-50)53(59(45)49-25-21-37-13-5-9-17-41(37)55-49)54-61(51-27-23-39-15-7-11-19-43(39)57-51)47-31-35(3)36(4)32-48(47)62(54)52-28-24-40-16-8-12-20-44(40)58-52/h5-32H,1-4H3. The molecule has 0 radical (unpaired) electrons. The van der Waals surface area contributed by atoms with Crippen molar-refractivity contribution in [1.82, 2.24) is 19.9 Å². The Labute approximate surface area is 359 Å². The van der Waals surface area contributed by atoms with E-state index in [-0.39, 0.29) is 0 Å². The first-order valence-corrected chi connectivity index (χ1v) is 21.0. The number of nitrogens with zero attached hydrogens (tertiary/aromatic N) is 8. The van der Waals surface area contributed by atoms with E-state index in [0.29, 0.717) is 0 Å². The van der Waals surface area contributed by atoms with E-state index in [1.54, 1.807) is 0 Å². The Kier molecular flexibility index (Phi) is 7.93. The molecule has 8 nitrogen and oxygen atoms in total. The summed E-state index contributed by atoms with van der Waals surface area (Å²) in [6.45, 7) is 8.72. The molecule has 10 aromatic rings. The molecule has 0 N–H and O–H groups in total. The summed E-state index contributed by atoms with van der Waals surface area (Å²) in [4.78, 5) is 31.0. The summed E-state index contributed by atoms with van der Waals surface area (Å²) in [5, 5.41) is 4.28. The summed E-state index contributed by atoms with van der Waals surface area (Å²) < 4.78 is 0. The first-order chi connectivity index (χ1) is 30.4. The minimum Gasteiger partial charge on any atom is -0.275 e. The third kappa shape index (κ3) is 5.53. The predicted octanol–water partition coefficient (Wildman–Crippen LogP) is 13.5. The van der Waals surface area contributed by atoms with Gasteiger partial charge in [-0.3, -0.25) is 19.6 Å². The van der Waals surface area contributed by atoms with Gasteiger partial charge in [0.05, 0.1) is 44.8 Å². The van der Waals surface area contributed by atoms with Crippen molar-refractivity contribution >= 4 is 89.6 Å². The summed E-state index contributed by atoms with van der Waals surface area (Å²) in [7, 11) is 0. The van der Waals surface area contributed by atoms with E-state index < -0.39 is 0 Å². The molecule has 0 fully saturated rings. The number of para-hydroxylation sites is 4. The minimum atomic E-state index is 0.778. The zero-order valence-electron chi connectivity index (χ0n) is 34.7.